The van der Waals surface area contributed by atoms with Crippen molar-refractivity contribution >= 4 is 25.8 Å². The second-order valence-corrected chi connectivity index (χ2v) is 8.71. The Morgan fingerprint density at radius 3 is 1.96 bits per heavy atom. The fourth-order valence-corrected chi connectivity index (χ4v) is 3.67. The summed E-state index contributed by atoms with van der Waals surface area (Å²) in [5.74, 6) is 0. The molecule has 7 heteroatoms. The molecule has 2 aromatic rings. The number of hydrogen-bond donors (Lipinski definition) is 0. The number of nitriles is 1. The van der Waals surface area contributed by atoms with Crippen molar-refractivity contribution in [2.45, 2.75) is 9.79 Å². The lowest BCUT2D eigenvalue weighted by molar-refractivity contribution is 0.600. The minimum Gasteiger partial charge on any atom is -0.224 e. The van der Waals surface area contributed by atoms with Crippen molar-refractivity contribution in [1.82, 2.24) is 0 Å². The van der Waals surface area contributed by atoms with E-state index in [1.54, 1.807) is 24.3 Å². The van der Waals surface area contributed by atoms with Crippen LogP contribution in [-0.4, -0.2) is 23.1 Å². The first kappa shape index (κ1) is 16.9. The van der Waals surface area contributed by atoms with Gasteiger partial charge in [0.2, 0.25) is 9.84 Å². The normalized spacial score (nSPS) is 12.6. The SMILES string of the molecule is CS(=O)(=O)c1ccc(C=C(C#N)S(=O)(=O)c2ccccc2)cc1. The van der Waals surface area contributed by atoms with Crippen LogP contribution in [-0.2, 0) is 19.7 Å². The molecule has 2 rings (SSSR count). The van der Waals surface area contributed by atoms with Gasteiger partial charge < -0.3 is 0 Å². The Hall–Kier alpha value is -2.43. The molecule has 0 amide bonds. The van der Waals surface area contributed by atoms with Crippen LogP contribution < -0.4 is 0 Å². The van der Waals surface area contributed by atoms with E-state index in [1.165, 1.54) is 42.5 Å². The van der Waals surface area contributed by atoms with E-state index in [4.69, 9.17) is 0 Å². The van der Waals surface area contributed by atoms with Crippen LogP contribution in [0.15, 0.2) is 69.3 Å². The average molecular weight is 347 g/mol. The second kappa shape index (κ2) is 6.36. The molecule has 0 atom stereocenters. The summed E-state index contributed by atoms with van der Waals surface area (Å²) in [5.41, 5.74) is 0.424. The molecule has 0 saturated heterocycles. The molecule has 0 unspecified atom stereocenters. The Bertz CT molecular complexity index is 982. The molecule has 0 spiro atoms. The molecule has 2 aromatic carbocycles. The summed E-state index contributed by atoms with van der Waals surface area (Å²) in [6, 6.07) is 15.0. The molecule has 0 bridgehead atoms. The fourth-order valence-electron chi connectivity index (χ4n) is 1.86. The van der Waals surface area contributed by atoms with Gasteiger partial charge in [0.25, 0.3) is 0 Å². The number of hydrogen-bond acceptors (Lipinski definition) is 5. The molecule has 0 N–H and O–H groups in total. The number of benzene rings is 2. The Morgan fingerprint density at radius 2 is 1.48 bits per heavy atom. The minimum absolute atomic E-state index is 0.0283. The van der Waals surface area contributed by atoms with Gasteiger partial charge in [-0.05, 0) is 35.9 Å². The van der Waals surface area contributed by atoms with Crippen LogP contribution >= 0.6 is 0 Å². The zero-order valence-corrected chi connectivity index (χ0v) is 13.8. The van der Waals surface area contributed by atoms with E-state index in [1.807, 2.05) is 0 Å². The van der Waals surface area contributed by atoms with Crippen LogP contribution in [0.3, 0.4) is 0 Å². The van der Waals surface area contributed by atoms with Gasteiger partial charge in [-0.2, -0.15) is 5.26 Å². The van der Waals surface area contributed by atoms with E-state index < -0.39 is 24.6 Å². The zero-order valence-electron chi connectivity index (χ0n) is 12.2. The van der Waals surface area contributed by atoms with Crippen LogP contribution in [0, 0.1) is 11.3 Å². The Balaban J connectivity index is 2.46. The van der Waals surface area contributed by atoms with Crippen molar-refractivity contribution in [2.75, 3.05) is 6.26 Å². The molecule has 23 heavy (non-hydrogen) atoms. The Labute approximate surface area is 135 Å². The third-order valence-corrected chi connectivity index (χ3v) is 5.87. The van der Waals surface area contributed by atoms with Gasteiger partial charge in [-0.3, -0.25) is 0 Å². The molecule has 0 radical (unpaired) electrons. The number of allylic oxidation sites excluding steroid dienone is 1. The quantitative estimate of drug-likeness (QED) is 0.792. The predicted octanol–water partition coefficient (Wildman–Crippen LogP) is 2.43. The van der Waals surface area contributed by atoms with Crippen molar-refractivity contribution in [3.8, 4) is 6.07 Å². The second-order valence-electron chi connectivity index (χ2n) is 4.78. The standard InChI is InChI=1S/C16H13NO4S2/c1-22(18,19)14-9-7-13(8-10-14)11-16(12-17)23(20,21)15-5-3-2-4-6-15/h2-11H,1H3. The molecule has 0 aromatic heterocycles. The summed E-state index contributed by atoms with van der Waals surface area (Å²) < 4.78 is 47.6. The monoisotopic (exact) mass is 347 g/mol. The van der Waals surface area contributed by atoms with Crippen molar-refractivity contribution in [3.05, 3.63) is 65.1 Å². The van der Waals surface area contributed by atoms with Gasteiger partial charge in [-0.25, -0.2) is 16.8 Å². The third kappa shape index (κ3) is 3.86. The fraction of sp³-hybridized carbons (Fsp3) is 0.0625. The summed E-state index contributed by atoms with van der Waals surface area (Å²) >= 11 is 0. The molecule has 118 valence electrons. The molecule has 0 fully saturated rings. The van der Waals surface area contributed by atoms with Crippen LogP contribution in [0.25, 0.3) is 6.08 Å². The van der Waals surface area contributed by atoms with E-state index in [0.29, 0.717) is 5.56 Å². The van der Waals surface area contributed by atoms with Crippen molar-refractivity contribution < 1.29 is 16.8 Å². The van der Waals surface area contributed by atoms with Gasteiger partial charge in [-0.1, -0.05) is 30.3 Å². The van der Waals surface area contributed by atoms with Gasteiger partial charge >= 0.3 is 0 Å². The Morgan fingerprint density at radius 1 is 0.913 bits per heavy atom. The lowest BCUT2D eigenvalue weighted by atomic mass is 10.2. The largest absolute Gasteiger partial charge is 0.224 e. The molecule has 5 nitrogen and oxygen atoms in total. The first-order chi connectivity index (χ1) is 10.7. The van der Waals surface area contributed by atoms with Crippen molar-refractivity contribution in [3.63, 3.8) is 0 Å². The van der Waals surface area contributed by atoms with Gasteiger partial charge in [0.05, 0.1) is 9.79 Å². The zero-order chi connectivity index (χ0) is 17.1. The van der Waals surface area contributed by atoms with Crippen molar-refractivity contribution in [1.29, 1.82) is 5.26 Å². The average Bonchev–Trinajstić information content (AvgIpc) is 2.53. The highest BCUT2D eigenvalue weighted by Crippen LogP contribution is 2.21. The highest BCUT2D eigenvalue weighted by molar-refractivity contribution is 7.95. The molecular weight excluding hydrogens is 334 g/mol. The highest BCUT2D eigenvalue weighted by atomic mass is 32.2. The lowest BCUT2D eigenvalue weighted by Gasteiger charge is -2.03. The van der Waals surface area contributed by atoms with E-state index in [0.717, 1.165) is 6.26 Å². The summed E-state index contributed by atoms with van der Waals surface area (Å²) in [6.07, 6.45) is 2.30. The van der Waals surface area contributed by atoms with Crippen LogP contribution in [0.4, 0.5) is 0 Å². The summed E-state index contributed by atoms with van der Waals surface area (Å²) in [6.45, 7) is 0. The number of rotatable bonds is 4. The third-order valence-electron chi connectivity index (χ3n) is 3.06. The topological polar surface area (TPSA) is 92.1 Å². The summed E-state index contributed by atoms with van der Waals surface area (Å²) in [5, 5.41) is 9.17. The smallest absolute Gasteiger partial charge is 0.216 e. The number of nitrogens with zero attached hydrogens (tertiary/aromatic N) is 1. The molecular formula is C16H13NO4S2. The van der Waals surface area contributed by atoms with Crippen LogP contribution in [0.1, 0.15) is 5.56 Å². The van der Waals surface area contributed by atoms with Gasteiger partial charge in [0.1, 0.15) is 11.0 Å². The molecule has 0 aliphatic rings. The van der Waals surface area contributed by atoms with Gasteiger partial charge in [0.15, 0.2) is 9.84 Å². The van der Waals surface area contributed by atoms with E-state index in [9.17, 15) is 22.1 Å². The van der Waals surface area contributed by atoms with Gasteiger partial charge in [0, 0.05) is 6.26 Å². The van der Waals surface area contributed by atoms with Gasteiger partial charge in [-0.15, -0.1) is 0 Å². The Kier molecular flexibility index (Phi) is 4.68. The summed E-state index contributed by atoms with van der Waals surface area (Å²) in [7, 11) is -7.24. The van der Waals surface area contributed by atoms with Crippen molar-refractivity contribution in [2.24, 2.45) is 0 Å². The maximum Gasteiger partial charge on any atom is 0.216 e. The minimum atomic E-state index is -3.91. The first-order valence-electron chi connectivity index (χ1n) is 6.47. The van der Waals surface area contributed by atoms with Crippen LogP contribution in [0.2, 0.25) is 0 Å². The molecule has 0 saturated carbocycles. The van der Waals surface area contributed by atoms with Crippen LogP contribution in [0.5, 0.6) is 0 Å². The van der Waals surface area contributed by atoms with E-state index >= 15 is 0 Å². The maximum atomic E-state index is 12.4. The summed E-state index contributed by atoms with van der Waals surface area (Å²) in [4.78, 5) is -0.254. The highest BCUT2D eigenvalue weighted by Gasteiger charge is 2.20. The molecule has 0 aliphatic heterocycles. The van der Waals surface area contributed by atoms with E-state index in [-0.39, 0.29) is 9.79 Å². The van der Waals surface area contributed by atoms with E-state index in [2.05, 4.69) is 0 Å². The first-order valence-corrected chi connectivity index (χ1v) is 9.84. The number of sulfone groups is 2. The molecule has 0 heterocycles. The maximum absolute atomic E-state index is 12.4. The lowest BCUT2D eigenvalue weighted by Crippen LogP contribution is -2.03. The molecule has 0 aliphatic carbocycles. The predicted molar refractivity (Wildman–Crippen MR) is 86.8 cm³/mol.